The molecule has 1 spiro atoms. The maximum Gasteiger partial charge on any atom is 0.418 e. The summed E-state index contributed by atoms with van der Waals surface area (Å²) in [5.41, 5.74) is -1.26. The van der Waals surface area contributed by atoms with Crippen LogP contribution in [0.1, 0.15) is 38.5 Å². The normalized spacial score (nSPS) is 24.9. The molecule has 0 heterocycles. The fourth-order valence-electron chi connectivity index (χ4n) is 3.23. The molecule has 0 aliphatic heterocycles. The average Bonchev–Trinajstić information content (AvgIpc) is 2.25. The number of hydrogen-bond acceptors (Lipinski definition) is 2. The molecule has 2 aliphatic carbocycles. The quantitative estimate of drug-likeness (QED) is 0.806. The van der Waals surface area contributed by atoms with Gasteiger partial charge in [-0.15, -0.1) is 0 Å². The molecular weight excluding hydrogens is 249 g/mol. The molecule has 18 heavy (non-hydrogen) atoms. The molecule has 0 aromatic rings. The van der Waals surface area contributed by atoms with Gasteiger partial charge in [-0.2, -0.15) is 13.2 Å². The predicted molar refractivity (Wildman–Crippen MR) is 56.9 cm³/mol. The Hall–Kier alpha value is -1.04. The number of rotatable bonds is 2. The van der Waals surface area contributed by atoms with Crippen LogP contribution in [0.15, 0.2) is 11.1 Å². The minimum atomic E-state index is -4.79. The summed E-state index contributed by atoms with van der Waals surface area (Å²) in [7, 11) is 0. The topological polar surface area (TPSA) is 57.5 Å². The first-order chi connectivity index (χ1) is 8.28. The zero-order chi connectivity index (χ0) is 13.6. The molecule has 3 nitrogen and oxygen atoms in total. The fourth-order valence-corrected chi connectivity index (χ4v) is 3.23. The van der Waals surface area contributed by atoms with Crippen molar-refractivity contribution in [2.45, 2.75) is 50.8 Å². The van der Waals surface area contributed by atoms with Crippen molar-refractivity contribution in [3.63, 3.8) is 0 Å². The molecular formula is C12H15F3O3. The van der Waals surface area contributed by atoms with Crippen LogP contribution in [-0.2, 0) is 4.79 Å². The SMILES string of the molecule is O=C(O)C1=C(C(O)C(F)(F)F)C2(CCCCC2)C1. The number of carboxylic acid groups (broad SMARTS) is 1. The molecule has 6 heteroatoms. The molecule has 1 unspecified atom stereocenters. The highest BCUT2D eigenvalue weighted by Crippen LogP contribution is 2.58. The van der Waals surface area contributed by atoms with Crippen molar-refractivity contribution in [3.05, 3.63) is 11.1 Å². The number of aliphatic hydroxyl groups excluding tert-OH is 1. The lowest BCUT2D eigenvalue weighted by Gasteiger charge is -2.49. The lowest BCUT2D eigenvalue weighted by molar-refractivity contribution is -0.198. The lowest BCUT2D eigenvalue weighted by Crippen LogP contribution is -2.47. The molecule has 0 aromatic heterocycles. The van der Waals surface area contributed by atoms with Gasteiger partial charge in [0.2, 0.25) is 0 Å². The minimum Gasteiger partial charge on any atom is -0.478 e. The van der Waals surface area contributed by atoms with Crippen LogP contribution in [0.25, 0.3) is 0 Å². The number of hydrogen-bond donors (Lipinski definition) is 2. The highest BCUT2D eigenvalue weighted by Gasteiger charge is 2.56. The van der Waals surface area contributed by atoms with Crippen LogP contribution in [0.3, 0.4) is 0 Å². The summed E-state index contributed by atoms with van der Waals surface area (Å²) in [6.45, 7) is 0. The van der Waals surface area contributed by atoms with Crippen LogP contribution in [0, 0.1) is 5.41 Å². The Morgan fingerprint density at radius 1 is 1.22 bits per heavy atom. The Morgan fingerprint density at radius 3 is 2.22 bits per heavy atom. The molecule has 1 atom stereocenters. The third kappa shape index (κ3) is 2.02. The summed E-state index contributed by atoms with van der Waals surface area (Å²) < 4.78 is 37.9. The third-order valence-electron chi connectivity index (χ3n) is 4.06. The van der Waals surface area contributed by atoms with Crippen molar-refractivity contribution in [3.8, 4) is 0 Å². The van der Waals surface area contributed by atoms with E-state index >= 15 is 0 Å². The van der Waals surface area contributed by atoms with E-state index in [2.05, 4.69) is 0 Å². The van der Waals surface area contributed by atoms with Gasteiger partial charge >= 0.3 is 12.1 Å². The highest BCUT2D eigenvalue weighted by atomic mass is 19.4. The average molecular weight is 264 g/mol. The van der Waals surface area contributed by atoms with Gasteiger partial charge in [-0.3, -0.25) is 0 Å². The summed E-state index contributed by atoms with van der Waals surface area (Å²) in [4.78, 5) is 10.9. The van der Waals surface area contributed by atoms with Gasteiger partial charge in [-0.05, 0) is 30.3 Å². The van der Waals surface area contributed by atoms with Gasteiger partial charge in [-0.1, -0.05) is 19.3 Å². The van der Waals surface area contributed by atoms with E-state index in [1.165, 1.54) is 0 Å². The Labute approximate surface area is 102 Å². The van der Waals surface area contributed by atoms with E-state index in [4.69, 9.17) is 5.11 Å². The molecule has 2 rings (SSSR count). The molecule has 0 saturated heterocycles. The highest BCUT2D eigenvalue weighted by molar-refractivity contribution is 5.90. The first-order valence-corrected chi connectivity index (χ1v) is 5.99. The van der Waals surface area contributed by atoms with E-state index in [0.29, 0.717) is 12.8 Å². The Bertz CT molecular complexity index is 392. The maximum atomic E-state index is 12.6. The first kappa shape index (κ1) is 13.4. The van der Waals surface area contributed by atoms with Gasteiger partial charge < -0.3 is 10.2 Å². The summed E-state index contributed by atoms with van der Waals surface area (Å²) in [6, 6.07) is 0. The summed E-state index contributed by atoms with van der Waals surface area (Å²) in [6.07, 6.45) is -3.62. The zero-order valence-corrected chi connectivity index (χ0v) is 9.76. The minimum absolute atomic E-state index is 0.158. The van der Waals surface area contributed by atoms with Crippen LogP contribution in [0.2, 0.25) is 0 Å². The first-order valence-electron chi connectivity index (χ1n) is 5.99. The predicted octanol–water partition coefficient (Wildman–Crippen LogP) is 2.65. The molecule has 2 aliphatic rings. The van der Waals surface area contributed by atoms with E-state index in [1.807, 2.05) is 0 Å². The molecule has 0 aromatic carbocycles. The number of aliphatic carboxylic acids is 1. The van der Waals surface area contributed by atoms with Crippen LogP contribution < -0.4 is 0 Å². The number of carboxylic acids is 1. The van der Waals surface area contributed by atoms with E-state index in [0.717, 1.165) is 19.3 Å². The van der Waals surface area contributed by atoms with Crippen LogP contribution in [-0.4, -0.2) is 28.5 Å². The second-order valence-electron chi connectivity index (χ2n) is 5.16. The van der Waals surface area contributed by atoms with Crippen molar-refractivity contribution in [1.29, 1.82) is 0 Å². The fraction of sp³-hybridized carbons (Fsp3) is 0.750. The van der Waals surface area contributed by atoms with Crippen molar-refractivity contribution < 1.29 is 28.2 Å². The summed E-state index contributed by atoms with van der Waals surface area (Å²) >= 11 is 0. The molecule has 0 radical (unpaired) electrons. The van der Waals surface area contributed by atoms with Gasteiger partial charge in [0.05, 0.1) is 0 Å². The smallest absolute Gasteiger partial charge is 0.418 e. The number of halogens is 3. The Kier molecular flexibility index (Phi) is 3.17. The van der Waals surface area contributed by atoms with Crippen LogP contribution in [0.4, 0.5) is 13.2 Å². The zero-order valence-electron chi connectivity index (χ0n) is 9.76. The summed E-state index contributed by atoms with van der Waals surface area (Å²) in [5, 5.41) is 18.3. The monoisotopic (exact) mass is 264 g/mol. The van der Waals surface area contributed by atoms with Crippen molar-refractivity contribution >= 4 is 5.97 Å². The lowest BCUT2D eigenvalue weighted by atomic mass is 9.55. The molecule has 0 bridgehead atoms. The Morgan fingerprint density at radius 2 is 1.78 bits per heavy atom. The Balaban J connectivity index is 2.35. The number of alkyl halides is 3. The van der Waals surface area contributed by atoms with Gasteiger partial charge in [0, 0.05) is 5.57 Å². The van der Waals surface area contributed by atoms with E-state index in [-0.39, 0.29) is 17.6 Å². The molecule has 0 amide bonds. The molecule has 1 saturated carbocycles. The van der Waals surface area contributed by atoms with Crippen molar-refractivity contribution in [1.82, 2.24) is 0 Å². The second kappa shape index (κ2) is 4.26. The van der Waals surface area contributed by atoms with E-state index in [9.17, 15) is 23.1 Å². The third-order valence-corrected chi connectivity index (χ3v) is 4.06. The summed E-state index contributed by atoms with van der Waals surface area (Å²) in [5.74, 6) is -1.34. The largest absolute Gasteiger partial charge is 0.478 e. The van der Waals surface area contributed by atoms with Gasteiger partial charge in [0.1, 0.15) is 0 Å². The van der Waals surface area contributed by atoms with E-state index < -0.39 is 23.7 Å². The second-order valence-corrected chi connectivity index (χ2v) is 5.16. The number of aliphatic hydroxyl groups is 1. The van der Waals surface area contributed by atoms with Crippen LogP contribution in [0.5, 0.6) is 0 Å². The maximum absolute atomic E-state index is 12.6. The molecule has 2 N–H and O–H groups in total. The van der Waals surface area contributed by atoms with Gasteiger partial charge in [0.15, 0.2) is 6.10 Å². The van der Waals surface area contributed by atoms with Crippen molar-refractivity contribution in [2.24, 2.45) is 5.41 Å². The van der Waals surface area contributed by atoms with Crippen LogP contribution >= 0.6 is 0 Å². The molecule has 1 fully saturated rings. The standard InChI is InChI=1S/C12H15F3O3/c13-12(14,15)9(16)8-7(10(17)18)6-11(8)4-2-1-3-5-11/h9,16H,1-6H2,(H,17,18). The van der Waals surface area contributed by atoms with Gasteiger partial charge in [0.25, 0.3) is 0 Å². The molecule has 102 valence electrons. The van der Waals surface area contributed by atoms with Gasteiger partial charge in [-0.25, -0.2) is 4.79 Å². The van der Waals surface area contributed by atoms with E-state index in [1.54, 1.807) is 0 Å². The van der Waals surface area contributed by atoms with Crippen molar-refractivity contribution in [2.75, 3.05) is 0 Å². The number of carbonyl (C=O) groups is 1.